The molecule has 0 spiro atoms. The van der Waals surface area contributed by atoms with Crippen LogP contribution in [-0.4, -0.2) is 85.0 Å². The molecule has 0 aliphatic carbocycles. The van der Waals surface area contributed by atoms with Gasteiger partial charge in [-0.25, -0.2) is 9.97 Å². The van der Waals surface area contributed by atoms with Crippen LogP contribution in [0, 0.1) is 13.8 Å². The van der Waals surface area contributed by atoms with E-state index in [0.717, 1.165) is 50.7 Å². The molecule has 4 heterocycles. The number of hydrogen-bond acceptors (Lipinski definition) is 8. The minimum atomic E-state index is -0.0226. The lowest BCUT2D eigenvalue weighted by molar-refractivity contribution is -0.0533. The molecule has 0 radical (unpaired) electrons. The average Bonchev–Trinajstić information content (AvgIpc) is 2.97. The summed E-state index contributed by atoms with van der Waals surface area (Å²) in [6.45, 7) is 7.50. The van der Waals surface area contributed by atoms with Crippen molar-refractivity contribution >= 4 is 11.7 Å². The van der Waals surface area contributed by atoms with E-state index in [1.807, 2.05) is 11.8 Å². The summed E-state index contributed by atoms with van der Waals surface area (Å²) in [4.78, 5) is 24.2. The van der Waals surface area contributed by atoms with Gasteiger partial charge in [-0.05, 0) is 57.9 Å². The fraction of sp³-hybridized carbons (Fsp3) is 0.633. The second kappa shape index (κ2) is 13.2. The number of rotatable bonds is 8. The number of carbonyl (C=O) groups excluding carboxylic acids is 1. The number of carbonyl (C=O) groups is 1. The third-order valence-corrected chi connectivity index (χ3v) is 8.42. The Morgan fingerprint density at radius 3 is 2.64 bits per heavy atom. The van der Waals surface area contributed by atoms with Crippen molar-refractivity contribution in [3.05, 3.63) is 53.0 Å². The van der Waals surface area contributed by atoms with Crippen molar-refractivity contribution in [1.29, 1.82) is 0 Å². The van der Waals surface area contributed by atoms with Gasteiger partial charge in [0.05, 0.1) is 24.9 Å². The third kappa shape index (κ3) is 6.95. The fourth-order valence-electron chi connectivity index (χ4n) is 5.97. The van der Waals surface area contributed by atoms with Gasteiger partial charge in [-0.3, -0.25) is 4.79 Å². The van der Waals surface area contributed by atoms with Crippen LogP contribution < -0.4 is 10.6 Å². The molecule has 4 atom stereocenters. The zero-order valence-corrected chi connectivity index (χ0v) is 23.5. The van der Waals surface area contributed by atoms with E-state index in [1.54, 1.807) is 7.11 Å². The molecule has 4 unspecified atom stereocenters. The van der Waals surface area contributed by atoms with E-state index in [0.29, 0.717) is 49.8 Å². The lowest BCUT2D eigenvalue weighted by Gasteiger charge is -2.38. The number of ether oxygens (including phenoxy) is 3. The Morgan fingerprint density at radius 1 is 1.08 bits per heavy atom. The van der Waals surface area contributed by atoms with Gasteiger partial charge in [-0.1, -0.05) is 29.8 Å². The van der Waals surface area contributed by atoms with E-state index < -0.39 is 0 Å². The molecule has 39 heavy (non-hydrogen) atoms. The number of hydrogen-bond donors (Lipinski definition) is 2. The number of methoxy groups -OCH3 is 1. The predicted octanol–water partition coefficient (Wildman–Crippen LogP) is 3.81. The van der Waals surface area contributed by atoms with E-state index in [-0.39, 0.29) is 24.2 Å². The molecule has 1 aromatic heterocycles. The van der Waals surface area contributed by atoms with E-state index in [9.17, 15) is 4.79 Å². The molecule has 3 saturated heterocycles. The van der Waals surface area contributed by atoms with E-state index >= 15 is 0 Å². The van der Waals surface area contributed by atoms with Gasteiger partial charge in [-0.15, -0.1) is 0 Å². The van der Waals surface area contributed by atoms with Crippen molar-refractivity contribution < 1.29 is 19.0 Å². The molecular formula is C30H43N5O4. The van der Waals surface area contributed by atoms with Crippen LogP contribution in [0.15, 0.2) is 30.6 Å². The number of anilines is 1. The van der Waals surface area contributed by atoms with Crippen molar-refractivity contribution in [3.63, 3.8) is 0 Å². The summed E-state index contributed by atoms with van der Waals surface area (Å²) in [5.74, 6) is 0.682. The summed E-state index contributed by atoms with van der Waals surface area (Å²) in [6.07, 6.45) is 7.75. The highest BCUT2D eigenvalue weighted by Crippen LogP contribution is 2.31. The van der Waals surface area contributed by atoms with Crippen molar-refractivity contribution in [2.45, 2.75) is 82.8 Å². The number of benzene rings is 1. The van der Waals surface area contributed by atoms with Crippen LogP contribution in [0.3, 0.4) is 0 Å². The summed E-state index contributed by atoms with van der Waals surface area (Å²) in [6, 6.07) is 9.30. The molecule has 0 bridgehead atoms. The van der Waals surface area contributed by atoms with Gasteiger partial charge in [0.1, 0.15) is 17.8 Å². The maximum atomic E-state index is 13.4. The molecule has 3 fully saturated rings. The van der Waals surface area contributed by atoms with E-state index in [2.05, 4.69) is 51.8 Å². The second-order valence-electron chi connectivity index (χ2n) is 11.1. The van der Waals surface area contributed by atoms with Crippen LogP contribution in [0.5, 0.6) is 0 Å². The van der Waals surface area contributed by atoms with Gasteiger partial charge < -0.3 is 29.7 Å². The summed E-state index contributed by atoms with van der Waals surface area (Å²) >= 11 is 0. The maximum absolute atomic E-state index is 13.4. The Kier molecular flexibility index (Phi) is 9.45. The number of nitrogens with one attached hydrogen (secondary N) is 2. The Balaban J connectivity index is 1.13. The van der Waals surface area contributed by atoms with Crippen LogP contribution in [0.2, 0.25) is 0 Å². The summed E-state index contributed by atoms with van der Waals surface area (Å²) in [5.41, 5.74) is 3.76. The predicted molar refractivity (Wildman–Crippen MR) is 150 cm³/mol. The third-order valence-electron chi connectivity index (χ3n) is 8.42. The highest BCUT2D eigenvalue weighted by atomic mass is 16.5. The van der Waals surface area contributed by atoms with Crippen LogP contribution in [0.1, 0.15) is 71.8 Å². The summed E-state index contributed by atoms with van der Waals surface area (Å²) in [5, 5.41) is 7.20. The van der Waals surface area contributed by atoms with Gasteiger partial charge in [-0.2, -0.15) is 0 Å². The molecule has 3 aliphatic heterocycles. The molecule has 0 saturated carbocycles. The average molecular weight is 538 g/mol. The summed E-state index contributed by atoms with van der Waals surface area (Å²) in [7, 11) is 1.74. The highest BCUT2D eigenvalue weighted by molar-refractivity contribution is 5.94. The number of aryl methyl sites for hydroxylation is 1. The molecule has 1 aromatic carbocycles. The molecule has 2 aromatic rings. The molecular weight excluding hydrogens is 494 g/mol. The Bertz CT molecular complexity index is 1090. The first-order chi connectivity index (χ1) is 19.0. The molecule has 9 nitrogen and oxygen atoms in total. The zero-order chi connectivity index (χ0) is 27.2. The molecule has 9 heteroatoms. The van der Waals surface area contributed by atoms with Crippen LogP contribution in [0.4, 0.5) is 5.82 Å². The first-order valence-corrected chi connectivity index (χ1v) is 14.4. The monoisotopic (exact) mass is 537 g/mol. The topological polar surface area (TPSA) is 97.8 Å². The quantitative estimate of drug-likeness (QED) is 0.525. The molecule has 2 N–H and O–H groups in total. The van der Waals surface area contributed by atoms with Gasteiger partial charge in [0, 0.05) is 51.0 Å². The molecule has 5 rings (SSSR count). The number of likely N-dealkylation sites (tertiary alicyclic amines) is 1. The van der Waals surface area contributed by atoms with E-state index in [1.165, 1.54) is 17.5 Å². The fourth-order valence-corrected chi connectivity index (χ4v) is 5.97. The largest absolute Gasteiger partial charge is 0.379 e. The molecule has 212 valence electrons. The number of nitrogens with zero attached hydrogens (tertiary/aromatic N) is 3. The first-order valence-electron chi connectivity index (χ1n) is 14.4. The van der Waals surface area contributed by atoms with Crippen molar-refractivity contribution in [3.8, 4) is 0 Å². The SMILES string of the molecule is COC1COCCC1NC1CCN(C(=O)c2ncnc(NCC3CCCC(c4ccc(C)cc4)O3)c2C)CC1. The Labute approximate surface area is 232 Å². The van der Waals surface area contributed by atoms with Crippen molar-refractivity contribution in [2.24, 2.45) is 0 Å². The van der Waals surface area contributed by atoms with Gasteiger partial charge >= 0.3 is 0 Å². The second-order valence-corrected chi connectivity index (χ2v) is 11.1. The van der Waals surface area contributed by atoms with Crippen LogP contribution >= 0.6 is 0 Å². The van der Waals surface area contributed by atoms with E-state index in [4.69, 9.17) is 14.2 Å². The Morgan fingerprint density at radius 2 is 1.87 bits per heavy atom. The Hall–Kier alpha value is -2.59. The van der Waals surface area contributed by atoms with Crippen molar-refractivity contribution in [2.75, 3.05) is 45.3 Å². The normalized spacial score (nSPS) is 26.4. The van der Waals surface area contributed by atoms with Gasteiger partial charge in [0.25, 0.3) is 5.91 Å². The number of amides is 1. The summed E-state index contributed by atoms with van der Waals surface area (Å²) < 4.78 is 17.6. The van der Waals surface area contributed by atoms with Crippen LogP contribution in [0.25, 0.3) is 0 Å². The number of aromatic nitrogens is 2. The van der Waals surface area contributed by atoms with Gasteiger partial charge in [0.15, 0.2) is 0 Å². The van der Waals surface area contributed by atoms with Crippen molar-refractivity contribution in [1.82, 2.24) is 20.2 Å². The minimum Gasteiger partial charge on any atom is -0.379 e. The first kappa shape index (κ1) is 28.0. The standard InChI is InChI=1S/C30H43N5O4/c1-20-7-9-22(10-8-20)26-6-4-5-24(39-26)17-31-29-21(2)28(32-19-33-29)30(36)35-14-11-23(12-15-35)34-25-13-16-38-18-27(25)37-3/h7-10,19,23-27,34H,4-6,11-18H2,1-3H3,(H,31,32,33). The maximum Gasteiger partial charge on any atom is 0.272 e. The lowest BCUT2D eigenvalue weighted by atomic mass is 9.97. The zero-order valence-electron chi connectivity index (χ0n) is 23.5. The molecule has 3 aliphatic rings. The number of piperidine rings is 1. The minimum absolute atomic E-state index is 0.0226. The lowest BCUT2D eigenvalue weighted by Crippen LogP contribution is -2.54. The van der Waals surface area contributed by atoms with Gasteiger partial charge in [0.2, 0.25) is 0 Å². The molecule has 1 amide bonds. The van der Waals surface area contributed by atoms with Crippen LogP contribution in [-0.2, 0) is 14.2 Å². The highest BCUT2D eigenvalue weighted by Gasteiger charge is 2.31. The smallest absolute Gasteiger partial charge is 0.272 e.